The number of hydrogen-bond acceptors (Lipinski definition) is 3. The summed E-state index contributed by atoms with van der Waals surface area (Å²) in [5.41, 5.74) is 6.39. The van der Waals surface area contributed by atoms with Crippen molar-refractivity contribution in [2.24, 2.45) is 5.73 Å². The maximum Gasteiger partial charge on any atom is 0.123 e. The third-order valence-electron chi connectivity index (χ3n) is 2.27. The van der Waals surface area contributed by atoms with Gasteiger partial charge in [0.15, 0.2) is 0 Å². The third-order valence-corrected chi connectivity index (χ3v) is 3.54. The first-order valence-electron chi connectivity index (χ1n) is 4.91. The lowest BCUT2D eigenvalue weighted by Crippen LogP contribution is -1.98. The van der Waals surface area contributed by atoms with Crippen LogP contribution >= 0.6 is 11.8 Å². The molecule has 4 heteroatoms. The van der Waals surface area contributed by atoms with Gasteiger partial charge in [-0.25, -0.2) is 4.39 Å². The standard InChI is InChI=1S/C12H12FNOS/c1-8-11(4-5-15-8)16-12-3-2-10(13)6-9(12)7-14/h2-6H,7,14H2,1H3. The molecule has 2 rings (SSSR count). The number of aryl methyl sites for hydroxylation is 1. The molecule has 0 atom stereocenters. The third kappa shape index (κ3) is 2.28. The molecule has 16 heavy (non-hydrogen) atoms. The van der Waals surface area contributed by atoms with Gasteiger partial charge < -0.3 is 10.2 Å². The lowest BCUT2D eigenvalue weighted by Gasteiger charge is -2.06. The quantitative estimate of drug-likeness (QED) is 0.889. The molecule has 0 aliphatic heterocycles. The fourth-order valence-electron chi connectivity index (χ4n) is 1.40. The minimum absolute atomic E-state index is 0.256. The highest BCUT2D eigenvalue weighted by molar-refractivity contribution is 7.99. The first-order valence-corrected chi connectivity index (χ1v) is 5.73. The van der Waals surface area contributed by atoms with Crippen LogP contribution in [0.5, 0.6) is 0 Å². The molecule has 2 aromatic rings. The van der Waals surface area contributed by atoms with Crippen molar-refractivity contribution in [1.82, 2.24) is 0 Å². The van der Waals surface area contributed by atoms with Gasteiger partial charge in [0.05, 0.1) is 11.2 Å². The largest absolute Gasteiger partial charge is 0.468 e. The Morgan fingerprint density at radius 2 is 2.12 bits per heavy atom. The molecule has 0 radical (unpaired) electrons. The molecule has 0 aliphatic carbocycles. The molecule has 0 saturated heterocycles. The van der Waals surface area contributed by atoms with Crippen molar-refractivity contribution in [1.29, 1.82) is 0 Å². The van der Waals surface area contributed by atoms with Gasteiger partial charge in [-0.1, -0.05) is 11.8 Å². The smallest absolute Gasteiger partial charge is 0.123 e. The van der Waals surface area contributed by atoms with Gasteiger partial charge in [0, 0.05) is 11.4 Å². The Labute approximate surface area is 97.6 Å². The molecule has 0 aliphatic rings. The van der Waals surface area contributed by atoms with E-state index in [-0.39, 0.29) is 5.82 Å². The summed E-state index contributed by atoms with van der Waals surface area (Å²) < 4.78 is 18.2. The first kappa shape index (κ1) is 11.2. The van der Waals surface area contributed by atoms with Crippen LogP contribution < -0.4 is 5.73 Å². The molecule has 0 saturated carbocycles. The highest BCUT2D eigenvalue weighted by atomic mass is 32.2. The average Bonchev–Trinajstić information content (AvgIpc) is 2.67. The predicted molar refractivity (Wildman–Crippen MR) is 61.9 cm³/mol. The summed E-state index contributed by atoms with van der Waals surface area (Å²) in [5.74, 6) is 0.603. The predicted octanol–water partition coefficient (Wildman–Crippen LogP) is 3.34. The summed E-state index contributed by atoms with van der Waals surface area (Å²) in [4.78, 5) is 2.00. The molecular weight excluding hydrogens is 225 g/mol. The van der Waals surface area contributed by atoms with Crippen LogP contribution in [0.2, 0.25) is 0 Å². The minimum Gasteiger partial charge on any atom is -0.468 e. The summed E-state index contributed by atoms with van der Waals surface area (Å²) in [6, 6.07) is 6.55. The molecule has 0 amide bonds. The Morgan fingerprint density at radius 3 is 2.75 bits per heavy atom. The summed E-state index contributed by atoms with van der Waals surface area (Å²) >= 11 is 1.54. The van der Waals surface area contributed by atoms with Crippen molar-refractivity contribution in [3.05, 3.63) is 47.7 Å². The molecule has 0 fully saturated rings. The van der Waals surface area contributed by atoms with Crippen LogP contribution in [0, 0.1) is 12.7 Å². The second kappa shape index (κ2) is 4.72. The minimum atomic E-state index is -0.256. The van der Waals surface area contributed by atoms with Gasteiger partial charge in [-0.3, -0.25) is 0 Å². The van der Waals surface area contributed by atoms with Gasteiger partial charge in [0.2, 0.25) is 0 Å². The van der Waals surface area contributed by atoms with E-state index in [4.69, 9.17) is 10.2 Å². The van der Waals surface area contributed by atoms with Crippen molar-refractivity contribution < 1.29 is 8.81 Å². The monoisotopic (exact) mass is 237 g/mol. The number of furan rings is 1. The molecule has 1 aromatic carbocycles. The molecule has 0 unspecified atom stereocenters. The van der Waals surface area contributed by atoms with E-state index in [1.165, 1.54) is 12.1 Å². The lowest BCUT2D eigenvalue weighted by molar-refractivity contribution is 0.527. The maximum atomic E-state index is 13.0. The fourth-order valence-corrected chi connectivity index (χ4v) is 2.37. The van der Waals surface area contributed by atoms with Crippen molar-refractivity contribution in [2.75, 3.05) is 0 Å². The van der Waals surface area contributed by atoms with Crippen LogP contribution in [0.1, 0.15) is 11.3 Å². The summed E-state index contributed by atoms with van der Waals surface area (Å²) in [7, 11) is 0. The number of nitrogens with two attached hydrogens (primary N) is 1. The zero-order valence-electron chi connectivity index (χ0n) is 8.87. The van der Waals surface area contributed by atoms with E-state index < -0.39 is 0 Å². The Kier molecular flexibility index (Phi) is 3.31. The SMILES string of the molecule is Cc1occc1Sc1ccc(F)cc1CN. The van der Waals surface area contributed by atoms with Crippen molar-refractivity contribution in [2.45, 2.75) is 23.3 Å². The van der Waals surface area contributed by atoms with Crippen LogP contribution in [0.25, 0.3) is 0 Å². The van der Waals surface area contributed by atoms with Gasteiger partial charge in [0.1, 0.15) is 11.6 Å². The Balaban J connectivity index is 2.31. The molecule has 2 nitrogen and oxygen atoms in total. The molecule has 1 aromatic heterocycles. The van der Waals surface area contributed by atoms with E-state index in [0.29, 0.717) is 6.54 Å². The lowest BCUT2D eigenvalue weighted by atomic mass is 10.2. The van der Waals surface area contributed by atoms with Gasteiger partial charge in [-0.05, 0) is 36.8 Å². The summed E-state index contributed by atoms with van der Waals surface area (Å²) in [6.45, 7) is 2.23. The molecule has 0 bridgehead atoms. The highest BCUT2D eigenvalue weighted by Gasteiger charge is 2.08. The molecular formula is C12H12FNOS. The van der Waals surface area contributed by atoms with Crippen molar-refractivity contribution in [3.8, 4) is 0 Å². The van der Waals surface area contributed by atoms with Crippen LogP contribution in [0.15, 0.2) is 44.7 Å². The van der Waals surface area contributed by atoms with Crippen LogP contribution in [0.4, 0.5) is 4.39 Å². The average molecular weight is 237 g/mol. The number of rotatable bonds is 3. The topological polar surface area (TPSA) is 39.2 Å². The zero-order valence-corrected chi connectivity index (χ0v) is 9.68. The highest BCUT2D eigenvalue weighted by Crippen LogP contribution is 2.33. The van der Waals surface area contributed by atoms with Crippen LogP contribution in [0.3, 0.4) is 0 Å². The second-order valence-corrected chi connectivity index (χ2v) is 4.48. The molecule has 1 heterocycles. The fraction of sp³-hybridized carbons (Fsp3) is 0.167. The Hall–Kier alpha value is -1.26. The van der Waals surface area contributed by atoms with E-state index in [9.17, 15) is 4.39 Å². The van der Waals surface area contributed by atoms with E-state index in [2.05, 4.69) is 0 Å². The van der Waals surface area contributed by atoms with Gasteiger partial charge in [0.25, 0.3) is 0 Å². The molecule has 2 N–H and O–H groups in total. The van der Waals surface area contributed by atoms with Crippen molar-refractivity contribution >= 4 is 11.8 Å². The van der Waals surface area contributed by atoms with Crippen LogP contribution in [-0.2, 0) is 6.54 Å². The number of benzene rings is 1. The van der Waals surface area contributed by atoms with E-state index in [1.807, 2.05) is 13.0 Å². The molecule has 0 spiro atoms. The van der Waals surface area contributed by atoms with Crippen LogP contribution in [-0.4, -0.2) is 0 Å². The van der Waals surface area contributed by atoms with E-state index in [0.717, 1.165) is 21.1 Å². The van der Waals surface area contributed by atoms with Gasteiger partial charge in [-0.15, -0.1) is 0 Å². The van der Waals surface area contributed by atoms with Gasteiger partial charge in [-0.2, -0.15) is 0 Å². The zero-order chi connectivity index (χ0) is 11.5. The number of hydrogen-bond donors (Lipinski definition) is 1. The number of halogens is 1. The molecule has 84 valence electrons. The van der Waals surface area contributed by atoms with Crippen molar-refractivity contribution in [3.63, 3.8) is 0 Å². The normalized spacial score (nSPS) is 10.7. The Bertz CT molecular complexity index is 496. The Morgan fingerprint density at radius 1 is 1.31 bits per heavy atom. The van der Waals surface area contributed by atoms with E-state index >= 15 is 0 Å². The second-order valence-electron chi connectivity index (χ2n) is 3.40. The first-order chi connectivity index (χ1) is 7.70. The van der Waals surface area contributed by atoms with E-state index in [1.54, 1.807) is 24.1 Å². The summed E-state index contributed by atoms with van der Waals surface area (Å²) in [5, 5.41) is 0. The summed E-state index contributed by atoms with van der Waals surface area (Å²) in [6.07, 6.45) is 1.64. The maximum absolute atomic E-state index is 13.0. The van der Waals surface area contributed by atoms with Gasteiger partial charge >= 0.3 is 0 Å².